The van der Waals surface area contributed by atoms with Gasteiger partial charge in [0, 0.05) is 0 Å². The number of carbonyl (C=O) groups is 2. The van der Waals surface area contributed by atoms with Gasteiger partial charge in [-0.15, -0.1) is 0 Å². The predicted molar refractivity (Wildman–Crippen MR) is 78.8 cm³/mol. The van der Waals surface area contributed by atoms with Crippen molar-refractivity contribution in [1.29, 1.82) is 0 Å². The summed E-state index contributed by atoms with van der Waals surface area (Å²) >= 11 is 0. The summed E-state index contributed by atoms with van der Waals surface area (Å²) in [4.78, 5) is 24.0. The molecule has 6 nitrogen and oxygen atoms in total. The van der Waals surface area contributed by atoms with Crippen LogP contribution in [0, 0.1) is 18.8 Å². The standard InChI is InChI=1S/C16H17NO5/c1-8-3-4-10(21-2)9(7-8)17-15(18)13-11-5-6-12(22-11)14(13)16(19)20/h3-7,11-14H,1-2H3,(H,17,18)(H,19,20)/t11-,12+,13-,14-/m0/s1. The summed E-state index contributed by atoms with van der Waals surface area (Å²) in [5, 5.41) is 12.1. The number of carboxylic acids is 1. The van der Waals surface area contributed by atoms with Crippen LogP contribution in [0.5, 0.6) is 5.75 Å². The number of hydrogen-bond donors (Lipinski definition) is 2. The van der Waals surface area contributed by atoms with Gasteiger partial charge in [0.05, 0.1) is 30.9 Å². The smallest absolute Gasteiger partial charge is 0.310 e. The molecule has 1 amide bonds. The lowest BCUT2D eigenvalue weighted by atomic mass is 9.82. The van der Waals surface area contributed by atoms with Gasteiger partial charge in [-0.25, -0.2) is 0 Å². The molecule has 0 saturated carbocycles. The number of methoxy groups -OCH3 is 1. The lowest BCUT2D eigenvalue weighted by Gasteiger charge is -2.21. The summed E-state index contributed by atoms with van der Waals surface area (Å²) in [7, 11) is 1.52. The van der Waals surface area contributed by atoms with Crippen LogP contribution in [-0.4, -0.2) is 36.3 Å². The largest absolute Gasteiger partial charge is 0.495 e. The van der Waals surface area contributed by atoms with Gasteiger partial charge < -0.3 is 19.9 Å². The Labute approximate surface area is 127 Å². The third kappa shape index (κ3) is 2.35. The fourth-order valence-corrected chi connectivity index (χ4v) is 3.05. The highest BCUT2D eigenvalue weighted by atomic mass is 16.5. The minimum absolute atomic E-state index is 0.367. The van der Waals surface area contributed by atoms with Crippen molar-refractivity contribution in [2.45, 2.75) is 19.1 Å². The van der Waals surface area contributed by atoms with E-state index in [9.17, 15) is 14.7 Å². The lowest BCUT2D eigenvalue weighted by molar-refractivity contribution is -0.145. The van der Waals surface area contributed by atoms with E-state index < -0.39 is 30.0 Å². The third-order valence-electron chi connectivity index (χ3n) is 4.10. The number of ether oxygens (including phenoxy) is 2. The highest BCUT2D eigenvalue weighted by molar-refractivity contribution is 5.97. The van der Waals surface area contributed by atoms with Gasteiger partial charge in [0.25, 0.3) is 0 Å². The second-order valence-corrected chi connectivity index (χ2v) is 5.53. The quantitative estimate of drug-likeness (QED) is 0.825. The molecular weight excluding hydrogens is 286 g/mol. The average molecular weight is 303 g/mol. The Morgan fingerprint density at radius 3 is 2.55 bits per heavy atom. The summed E-state index contributed by atoms with van der Waals surface area (Å²) < 4.78 is 10.7. The molecule has 4 atom stereocenters. The van der Waals surface area contributed by atoms with Crippen LogP contribution < -0.4 is 10.1 Å². The van der Waals surface area contributed by atoms with Crippen LogP contribution in [0.1, 0.15) is 5.56 Å². The molecule has 2 aliphatic rings. The Bertz CT molecular complexity index is 654. The summed E-state index contributed by atoms with van der Waals surface area (Å²) in [6.07, 6.45) is 2.45. The van der Waals surface area contributed by atoms with E-state index in [-0.39, 0.29) is 5.91 Å². The number of fused-ring (bicyclic) bond motifs is 2. The Morgan fingerprint density at radius 2 is 1.91 bits per heavy atom. The van der Waals surface area contributed by atoms with Gasteiger partial charge in [0.15, 0.2) is 0 Å². The summed E-state index contributed by atoms with van der Waals surface area (Å²) in [5.41, 5.74) is 1.50. The van der Waals surface area contributed by atoms with Crippen LogP contribution in [-0.2, 0) is 14.3 Å². The van der Waals surface area contributed by atoms with Crippen molar-refractivity contribution in [3.8, 4) is 5.75 Å². The number of benzene rings is 1. The number of aryl methyl sites for hydroxylation is 1. The van der Waals surface area contributed by atoms with E-state index in [2.05, 4.69) is 5.32 Å². The van der Waals surface area contributed by atoms with E-state index in [1.807, 2.05) is 13.0 Å². The third-order valence-corrected chi connectivity index (χ3v) is 4.10. The first kappa shape index (κ1) is 14.6. The Balaban J connectivity index is 1.84. The maximum absolute atomic E-state index is 12.6. The van der Waals surface area contributed by atoms with Gasteiger partial charge >= 0.3 is 5.97 Å². The minimum Gasteiger partial charge on any atom is -0.495 e. The number of anilines is 1. The molecule has 0 unspecified atom stereocenters. The van der Waals surface area contributed by atoms with E-state index in [4.69, 9.17) is 9.47 Å². The zero-order chi connectivity index (χ0) is 15.9. The van der Waals surface area contributed by atoms with Crippen molar-refractivity contribution in [2.75, 3.05) is 12.4 Å². The molecule has 0 radical (unpaired) electrons. The highest BCUT2D eigenvalue weighted by Crippen LogP contribution is 2.40. The van der Waals surface area contributed by atoms with Crippen LogP contribution >= 0.6 is 0 Å². The molecule has 116 valence electrons. The van der Waals surface area contributed by atoms with E-state index in [0.29, 0.717) is 11.4 Å². The van der Waals surface area contributed by atoms with Crippen molar-refractivity contribution in [1.82, 2.24) is 0 Å². The van der Waals surface area contributed by atoms with Crippen LogP contribution in [0.25, 0.3) is 0 Å². The van der Waals surface area contributed by atoms with Crippen LogP contribution in [0.3, 0.4) is 0 Å². The zero-order valence-corrected chi connectivity index (χ0v) is 12.3. The van der Waals surface area contributed by atoms with Crippen molar-refractivity contribution in [3.63, 3.8) is 0 Å². The van der Waals surface area contributed by atoms with E-state index in [1.165, 1.54) is 7.11 Å². The Hall–Kier alpha value is -2.34. The van der Waals surface area contributed by atoms with Gasteiger partial charge in [0.2, 0.25) is 5.91 Å². The molecule has 22 heavy (non-hydrogen) atoms. The average Bonchev–Trinajstić information content (AvgIpc) is 3.08. The maximum atomic E-state index is 12.6. The normalized spacial score (nSPS) is 28.6. The Kier molecular flexibility index (Phi) is 3.62. The van der Waals surface area contributed by atoms with E-state index in [1.54, 1.807) is 24.3 Å². The topological polar surface area (TPSA) is 84.9 Å². The van der Waals surface area contributed by atoms with E-state index >= 15 is 0 Å². The summed E-state index contributed by atoms with van der Waals surface area (Å²) in [6.45, 7) is 1.90. The fourth-order valence-electron chi connectivity index (χ4n) is 3.05. The van der Waals surface area contributed by atoms with Crippen LogP contribution in [0.15, 0.2) is 30.4 Å². The van der Waals surface area contributed by atoms with Gasteiger partial charge in [-0.05, 0) is 24.6 Å². The molecule has 0 aromatic heterocycles. The molecule has 1 aromatic carbocycles. The molecule has 3 rings (SSSR count). The highest BCUT2D eigenvalue weighted by Gasteiger charge is 2.53. The van der Waals surface area contributed by atoms with Gasteiger partial charge in [0.1, 0.15) is 11.7 Å². The van der Waals surface area contributed by atoms with Gasteiger partial charge in [-0.1, -0.05) is 18.2 Å². The molecular formula is C16H17NO5. The van der Waals surface area contributed by atoms with Gasteiger partial charge in [-0.3, -0.25) is 9.59 Å². The second-order valence-electron chi connectivity index (χ2n) is 5.53. The monoisotopic (exact) mass is 303 g/mol. The molecule has 1 saturated heterocycles. The first-order valence-electron chi connectivity index (χ1n) is 7.03. The number of hydrogen-bond acceptors (Lipinski definition) is 4. The predicted octanol–water partition coefficient (Wildman–Crippen LogP) is 1.60. The lowest BCUT2D eigenvalue weighted by Crippen LogP contribution is -2.39. The second kappa shape index (κ2) is 5.46. The van der Waals surface area contributed by atoms with Crippen LogP contribution in [0.2, 0.25) is 0 Å². The number of carboxylic acid groups (broad SMARTS) is 1. The first-order chi connectivity index (χ1) is 10.5. The SMILES string of the molecule is COc1ccc(C)cc1NC(=O)[C@@H]1[C@@H](C(=O)O)[C@H]2C=C[C@@H]1O2. The number of carbonyl (C=O) groups excluding carboxylic acids is 1. The first-order valence-corrected chi connectivity index (χ1v) is 7.03. The van der Waals surface area contributed by atoms with Crippen molar-refractivity contribution in [2.24, 2.45) is 11.8 Å². The Morgan fingerprint density at radius 1 is 1.23 bits per heavy atom. The molecule has 2 bridgehead atoms. The molecule has 0 aliphatic carbocycles. The number of nitrogens with one attached hydrogen (secondary N) is 1. The summed E-state index contributed by atoms with van der Waals surface area (Å²) in [5.74, 6) is -2.45. The van der Waals surface area contributed by atoms with Crippen molar-refractivity contribution < 1.29 is 24.2 Å². The molecule has 6 heteroatoms. The molecule has 1 aromatic rings. The number of rotatable bonds is 4. The molecule has 1 fully saturated rings. The summed E-state index contributed by atoms with van der Waals surface area (Å²) in [6, 6.07) is 5.42. The fraction of sp³-hybridized carbons (Fsp3) is 0.375. The van der Waals surface area contributed by atoms with E-state index in [0.717, 1.165) is 5.56 Å². The molecule has 2 heterocycles. The number of amides is 1. The maximum Gasteiger partial charge on any atom is 0.310 e. The minimum atomic E-state index is -1.02. The van der Waals surface area contributed by atoms with Gasteiger partial charge in [-0.2, -0.15) is 0 Å². The number of aliphatic carboxylic acids is 1. The van der Waals surface area contributed by atoms with Crippen molar-refractivity contribution >= 4 is 17.6 Å². The van der Waals surface area contributed by atoms with Crippen molar-refractivity contribution in [3.05, 3.63) is 35.9 Å². The molecule has 2 N–H and O–H groups in total. The van der Waals surface area contributed by atoms with Crippen LogP contribution in [0.4, 0.5) is 5.69 Å². The molecule has 0 spiro atoms. The molecule has 2 aliphatic heterocycles. The zero-order valence-electron chi connectivity index (χ0n) is 12.3.